The van der Waals surface area contributed by atoms with Gasteiger partial charge in [0.15, 0.2) is 9.84 Å². The number of hydrogen-bond acceptors (Lipinski definition) is 4. The van der Waals surface area contributed by atoms with E-state index in [1.165, 1.54) is 50.3 Å². The summed E-state index contributed by atoms with van der Waals surface area (Å²) in [4.78, 5) is 21.0. The molecular weight excluding hydrogens is 492 g/mol. The van der Waals surface area contributed by atoms with Crippen molar-refractivity contribution in [3.8, 4) is 0 Å². The molecule has 1 aromatic heterocycles. The Morgan fingerprint density at radius 1 is 1.07 bits per heavy atom. The number of nitrogens with zero attached hydrogens (tertiary/aromatic N) is 2. The van der Waals surface area contributed by atoms with Gasteiger partial charge in [0.25, 0.3) is 5.91 Å². The normalized spacial score (nSPS) is 25.9. The van der Waals surface area contributed by atoms with Crippen molar-refractivity contribution >= 4 is 60.8 Å². The van der Waals surface area contributed by atoms with Crippen molar-refractivity contribution in [1.29, 1.82) is 0 Å². The van der Waals surface area contributed by atoms with Crippen LogP contribution in [-0.4, -0.2) is 28.1 Å². The minimum Gasteiger partial charge on any atom is -0.449 e. The molecule has 1 saturated heterocycles. The van der Waals surface area contributed by atoms with Crippen LogP contribution in [0.25, 0.3) is 6.08 Å². The predicted octanol–water partition coefficient (Wildman–Crippen LogP) is 6.74. The molecule has 3 fully saturated rings. The first-order valence-corrected chi connectivity index (χ1v) is 12.3. The van der Waals surface area contributed by atoms with Gasteiger partial charge >= 0.3 is 0 Å². The molecule has 0 bridgehead atoms. The number of hydrogen-bond donors (Lipinski definition) is 0. The number of rotatable bonds is 3. The number of furan rings is 1. The molecule has 1 amide bonds. The van der Waals surface area contributed by atoms with Crippen LogP contribution >= 0.6 is 43.6 Å². The Hall–Kier alpha value is -0.530. The van der Waals surface area contributed by atoms with Gasteiger partial charge in [-0.05, 0) is 75.4 Å². The van der Waals surface area contributed by atoms with Gasteiger partial charge in [-0.1, -0.05) is 38.5 Å². The van der Waals surface area contributed by atoms with Crippen LogP contribution in [0.3, 0.4) is 0 Å². The lowest BCUT2D eigenvalue weighted by Gasteiger charge is -2.31. The lowest BCUT2D eigenvalue weighted by atomic mass is 9.94. The van der Waals surface area contributed by atoms with E-state index < -0.39 is 0 Å². The van der Waals surface area contributed by atoms with Crippen LogP contribution in [0.1, 0.15) is 70.0 Å². The fourth-order valence-corrected chi connectivity index (χ4v) is 5.87. The summed E-state index contributed by atoms with van der Waals surface area (Å²) >= 11 is 8.32. The van der Waals surface area contributed by atoms with Gasteiger partial charge in [0.2, 0.25) is 0 Å². The number of amides is 1. The van der Waals surface area contributed by atoms with E-state index in [1.54, 1.807) is 0 Å². The zero-order chi connectivity index (χ0) is 18.8. The number of aliphatic imine (C=N–C) groups is 1. The second-order valence-corrected chi connectivity index (χ2v) is 10.1. The van der Waals surface area contributed by atoms with E-state index >= 15 is 0 Å². The molecule has 2 saturated carbocycles. The maximum Gasteiger partial charge on any atom is 0.267 e. The number of carbonyl (C=O) groups is 1. The predicted molar refractivity (Wildman–Crippen MR) is 118 cm³/mol. The first-order chi connectivity index (χ1) is 13.1. The number of halogens is 2. The van der Waals surface area contributed by atoms with Crippen LogP contribution in [0.2, 0.25) is 0 Å². The van der Waals surface area contributed by atoms with E-state index in [0.717, 1.165) is 35.3 Å². The number of carbonyl (C=O) groups excluding carboxylic acids is 1. The van der Waals surface area contributed by atoms with Crippen molar-refractivity contribution in [3.63, 3.8) is 0 Å². The summed E-state index contributed by atoms with van der Waals surface area (Å²) < 4.78 is 7.16. The Morgan fingerprint density at radius 3 is 2.37 bits per heavy atom. The van der Waals surface area contributed by atoms with Gasteiger partial charge in [-0.25, -0.2) is 0 Å². The summed E-state index contributed by atoms with van der Waals surface area (Å²) in [6.07, 6.45) is 13.8. The first kappa shape index (κ1) is 19.8. The van der Waals surface area contributed by atoms with Crippen molar-refractivity contribution in [2.45, 2.75) is 76.3 Å². The molecule has 3 aliphatic rings. The van der Waals surface area contributed by atoms with Crippen molar-refractivity contribution < 1.29 is 9.21 Å². The SMILES string of the molecule is O=C1/C(=C/c2cc(Br)c(Br)o2)SC(=NC2CCCCC2)N1C1CCCCC1. The van der Waals surface area contributed by atoms with Crippen molar-refractivity contribution in [2.24, 2.45) is 4.99 Å². The Morgan fingerprint density at radius 2 is 1.74 bits per heavy atom. The Kier molecular flexibility index (Phi) is 6.49. The highest BCUT2D eigenvalue weighted by Crippen LogP contribution is 2.39. The molecule has 0 spiro atoms. The number of amidine groups is 1. The molecule has 1 aromatic rings. The van der Waals surface area contributed by atoms with Gasteiger partial charge in [0, 0.05) is 12.1 Å². The monoisotopic (exact) mass is 514 g/mol. The highest BCUT2D eigenvalue weighted by molar-refractivity contribution is 9.13. The average molecular weight is 516 g/mol. The minimum atomic E-state index is 0.0881. The van der Waals surface area contributed by atoms with Crippen molar-refractivity contribution in [2.75, 3.05) is 0 Å². The second-order valence-electron chi connectivity index (χ2n) is 7.55. The molecule has 0 atom stereocenters. The molecular formula is C20H24Br2N2O2S. The summed E-state index contributed by atoms with van der Waals surface area (Å²) in [7, 11) is 0. The lowest BCUT2D eigenvalue weighted by Crippen LogP contribution is -2.41. The molecule has 0 unspecified atom stereocenters. The van der Waals surface area contributed by atoms with E-state index in [1.807, 2.05) is 17.0 Å². The van der Waals surface area contributed by atoms with Gasteiger partial charge in [-0.15, -0.1) is 0 Å². The molecule has 2 aliphatic carbocycles. The fourth-order valence-electron chi connectivity index (χ4n) is 4.17. The summed E-state index contributed by atoms with van der Waals surface area (Å²) in [5.41, 5.74) is 0. The molecule has 2 heterocycles. The fraction of sp³-hybridized carbons (Fsp3) is 0.600. The summed E-state index contributed by atoms with van der Waals surface area (Å²) in [5.74, 6) is 0.761. The molecule has 4 rings (SSSR count). The van der Waals surface area contributed by atoms with Gasteiger partial charge in [-0.2, -0.15) is 0 Å². The third kappa shape index (κ3) is 4.56. The van der Waals surface area contributed by atoms with Gasteiger partial charge in [0.1, 0.15) is 5.76 Å². The molecule has 146 valence electrons. The zero-order valence-corrected chi connectivity index (χ0v) is 19.2. The first-order valence-electron chi connectivity index (χ1n) is 9.87. The third-order valence-electron chi connectivity index (χ3n) is 5.58. The Labute approximate surface area is 181 Å². The van der Waals surface area contributed by atoms with Crippen LogP contribution in [0.15, 0.2) is 29.5 Å². The molecule has 1 aliphatic heterocycles. The maximum absolute atomic E-state index is 13.2. The summed E-state index contributed by atoms with van der Waals surface area (Å²) in [6, 6.07) is 2.54. The molecule has 0 N–H and O–H groups in total. The van der Waals surface area contributed by atoms with Crippen LogP contribution < -0.4 is 0 Å². The van der Waals surface area contributed by atoms with Gasteiger partial charge in [-0.3, -0.25) is 14.7 Å². The molecule has 0 radical (unpaired) electrons. The Bertz CT molecular complexity index is 743. The quantitative estimate of drug-likeness (QED) is 0.418. The van der Waals surface area contributed by atoms with E-state index in [0.29, 0.717) is 27.4 Å². The van der Waals surface area contributed by atoms with E-state index in [2.05, 4.69) is 31.9 Å². The summed E-state index contributed by atoms with van der Waals surface area (Å²) in [5, 5.41) is 0.912. The van der Waals surface area contributed by atoms with E-state index in [-0.39, 0.29) is 5.91 Å². The molecule has 0 aromatic carbocycles. The van der Waals surface area contributed by atoms with Crippen LogP contribution in [0.5, 0.6) is 0 Å². The van der Waals surface area contributed by atoms with Crippen LogP contribution in [0, 0.1) is 0 Å². The zero-order valence-electron chi connectivity index (χ0n) is 15.3. The van der Waals surface area contributed by atoms with Gasteiger partial charge < -0.3 is 4.42 Å². The largest absolute Gasteiger partial charge is 0.449 e. The smallest absolute Gasteiger partial charge is 0.267 e. The highest BCUT2D eigenvalue weighted by Gasteiger charge is 2.39. The molecule has 27 heavy (non-hydrogen) atoms. The maximum atomic E-state index is 13.2. The lowest BCUT2D eigenvalue weighted by molar-refractivity contribution is -0.124. The summed E-state index contributed by atoms with van der Waals surface area (Å²) in [6.45, 7) is 0. The third-order valence-corrected chi connectivity index (χ3v) is 8.29. The highest BCUT2D eigenvalue weighted by atomic mass is 79.9. The van der Waals surface area contributed by atoms with Crippen LogP contribution in [-0.2, 0) is 4.79 Å². The van der Waals surface area contributed by atoms with E-state index in [4.69, 9.17) is 9.41 Å². The molecule has 4 nitrogen and oxygen atoms in total. The number of thioether (sulfide) groups is 1. The standard InChI is InChI=1S/C20H24Br2N2O2S/c21-16-11-15(26-18(16)22)12-17-19(25)24(14-9-5-2-6-10-14)20(27-17)23-13-7-3-1-4-8-13/h11-14H,1-10H2/b17-12-,23-20?. The minimum absolute atomic E-state index is 0.0881. The van der Waals surface area contributed by atoms with Gasteiger partial charge in [0.05, 0.1) is 15.4 Å². The van der Waals surface area contributed by atoms with Crippen molar-refractivity contribution in [1.82, 2.24) is 4.90 Å². The molecule has 7 heteroatoms. The average Bonchev–Trinajstić information content (AvgIpc) is 3.15. The van der Waals surface area contributed by atoms with Crippen LogP contribution in [0.4, 0.5) is 0 Å². The topological polar surface area (TPSA) is 45.8 Å². The second kappa shape index (κ2) is 8.87. The Balaban J connectivity index is 1.62. The van der Waals surface area contributed by atoms with Crippen molar-refractivity contribution in [3.05, 3.63) is 25.9 Å². The van der Waals surface area contributed by atoms with E-state index in [9.17, 15) is 4.79 Å².